The molecule has 0 saturated heterocycles. The van der Waals surface area contributed by atoms with Crippen molar-refractivity contribution in [1.82, 2.24) is 4.98 Å². The van der Waals surface area contributed by atoms with Gasteiger partial charge in [0.15, 0.2) is 11.6 Å². The fourth-order valence-electron chi connectivity index (χ4n) is 2.04. The zero-order valence-corrected chi connectivity index (χ0v) is 15.4. The number of allylic oxidation sites excluding steroid dienone is 1. The van der Waals surface area contributed by atoms with E-state index in [1.165, 1.54) is 17.7 Å². The predicted molar refractivity (Wildman–Crippen MR) is 98.0 cm³/mol. The van der Waals surface area contributed by atoms with Gasteiger partial charge in [-0.25, -0.2) is 13.8 Å². The van der Waals surface area contributed by atoms with E-state index in [9.17, 15) is 8.78 Å². The van der Waals surface area contributed by atoms with Crippen LogP contribution in [0.3, 0.4) is 0 Å². The van der Waals surface area contributed by atoms with Crippen molar-refractivity contribution in [3.05, 3.63) is 47.5 Å². The topological polar surface area (TPSA) is 31.4 Å². The Morgan fingerprint density at radius 1 is 1.16 bits per heavy atom. The van der Waals surface area contributed by atoms with E-state index in [4.69, 9.17) is 9.47 Å². The van der Waals surface area contributed by atoms with Crippen molar-refractivity contribution >= 4 is 10.9 Å². The van der Waals surface area contributed by atoms with Crippen LogP contribution in [0.5, 0.6) is 5.88 Å². The number of benzene rings is 1. The van der Waals surface area contributed by atoms with Crippen molar-refractivity contribution in [2.45, 2.75) is 40.0 Å². The first kappa shape index (κ1) is 21.0. The summed E-state index contributed by atoms with van der Waals surface area (Å²) in [5.74, 6) is -1.27. The standard InChI is InChI=1S/C14H15F2NO.C6H12O/c1-2-3-4-9-18-13-8-5-10-12(17-13)7-6-11(15)14(10)16;1-4-6(2)5-7-3/h5-8H,2-4,9H2,1H3;4H,5H2,1-3H3. The summed E-state index contributed by atoms with van der Waals surface area (Å²) in [5, 5.41) is 0.177. The highest BCUT2D eigenvalue weighted by Gasteiger charge is 2.08. The monoisotopic (exact) mass is 351 g/mol. The molecule has 0 fully saturated rings. The van der Waals surface area contributed by atoms with E-state index >= 15 is 0 Å². The normalized spacial score (nSPS) is 11.2. The Balaban J connectivity index is 0.000000381. The minimum Gasteiger partial charge on any atom is -0.478 e. The number of hydrogen-bond acceptors (Lipinski definition) is 3. The van der Waals surface area contributed by atoms with Crippen molar-refractivity contribution in [2.75, 3.05) is 20.3 Å². The molecule has 0 aliphatic rings. The number of fused-ring (bicyclic) bond motifs is 1. The highest BCUT2D eigenvalue weighted by atomic mass is 19.2. The Bertz CT molecular complexity index is 687. The molecule has 2 aromatic rings. The van der Waals surface area contributed by atoms with Gasteiger partial charge in [0.25, 0.3) is 0 Å². The third kappa shape index (κ3) is 7.18. The second-order valence-electron chi connectivity index (χ2n) is 5.70. The molecule has 0 aliphatic heterocycles. The van der Waals surface area contributed by atoms with E-state index < -0.39 is 11.6 Å². The van der Waals surface area contributed by atoms with Crippen LogP contribution in [-0.4, -0.2) is 25.3 Å². The molecule has 0 spiro atoms. The number of pyridine rings is 1. The molecular formula is C20H27F2NO2. The molecular weight excluding hydrogens is 324 g/mol. The minimum absolute atomic E-state index is 0.177. The number of hydrogen-bond donors (Lipinski definition) is 0. The molecule has 0 amide bonds. The first-order valence-corrected chi connectivity index (χ1v) is 8.51. The Morgan fingerprint density at radius 2 is 1.92 bits per heavy atom. The summed E-state index contributed by atoms with van der Waals surface area (Å²) in [4.78, 5) is 4.15. The smallest absolute Gasteiger partial charge is 0.213 e. The molecule has 0 unspecified atom stereocenters. The number of unbranched alkanes of at least 4 members (excludes halogenated alkanes) is 2. The maximum Gasteiger partial charge on any atom is 0.213 e. The van der Waals surface area contributed by atoms with E-state index in [0.717, 1.165) is 31.9 Å². The van der Waals surface area contributed by atoms with Gasteiger partial charge in [0.2, 0.25) is 5.88 Å². The summed E-state index contributed by atoms with van der Waals surface area (Å²) in [6.45, 7) is 7.52. The summed E-state index contributed by atoms with van der Waals surface area (Å²) < 4.78 is 36.7. The van der Waals surface area contributed by atoms with Crippen LogP contribution >= 0.6 is 0 Å². The summed E-state index contributed by atoms with van der Waals surface area (Å²) >= 11 is 0. The molecule has 25 heavy (non-hydrogen) atoms. The van der Waals surface area contributed by atoms with Crippen LogP contribution in [-0.2, 0) is 4.74 Å². The number of ether oxygens (including phenoxy) is 2. The fourth-order valence-corrected chi connectivity index (χ4v) is 2.04. The van der Waals surface area contributed by atoms with E-state index in [1.807, 2.05) is 19.9 Å². The lowest BCUT2D eigenvalue weighted by atomic mass is 10.2. The van der Waals surface area contributed by atoms with E-state index in [2.05, 4.69) is 11.9 Å². The molecule has 0 saturated carbocycles. The lowest BCUT2D eigenvalue weighted by Crippen LogP contribution is -1.99. The van der Waals surface area contributed by atoms with E-state index in [-0.39, 0.29) is 5.39 Å². The Morgan fingerprint density at radius 3 is 2.52 bits per heavy atom. The lowest BCUT2D eigenvalue weighted by Gasteiger charge is -2.06. The average Bonchev–Trinajstić information content (AvgIpc) is 2.62. The van der Waals surface area contributed by atoms with Crippen molar-refractivity contribution in [3.8, 4) is 5.88 Å². The molecule has 138 valence electrons. The molecule has 0 N–H and O–H groups in total. The first-order valence-electron chi connectivity index (χ1n) is 8.51. The Hall–Kier alpha value is -2.01. The number of aromatic nitrogens is 1. The minimum atomic E-state index is -0.863. The highest BCUT2D eigenvalue weighted by Crippen LogP contribution is 2.21. The molecule has 0 atom stereocenters. The Kier molecular flexibility index (Phi) is 9.70. The molecule has 2 rings (SSSR count). The second kappa shape index (κ2) is 11.5. The van der Waals surface area contributed by atoms with Crippen molar-refractivity contribution < 1.29 is 18.3 Å². The maximum absolute atomic E-state index is 13.4. The van der Waals surface area contributed by atoms with Gasteiger partial charge in [-0.1, -0.05) is 31.4 Å². The van der Waals surface area contributed by atoms with Crippen LogP contribution in [0, 0.1) is 11.6 Å². The Labute approximate surface area is 148 Å². The third-order valence-corrected chi connectivity index (χ3v) is 3.60. The second-order valence-corrected chi connectivity index (χ2v) is 5.70. The third-order valence-electron chi connectivity index (χ3n) is 3.60. The SMILES string of the molecule is CC=C(C)COC.CCCCCOc1ccc2c(F)c(F)ccc2n1. The first-order chi connectivity index (χ1) is 12.0. The van der Waals surface area contributed by atoms with Crippen LogP contribution in [0.25, 0.3) is 10.9 Å². The largest absolute Gasteiger partial charge is 0.478 e. The molecule has 0 aliphatic carbocycles. The number of halogens is 2. The summed E-state index contributed by atoms with van der Waals surface area (Å²) in [6.07, 6.45) is 5.24. The van der Waals surface area contributed by atoms with Crippen LogP contribution in [0.2, 0.25) is 0 Å². The quantitative estimate of drug-likeness (QED) is 0.475. The van der Waals surface area contributed by atoms with Crippen LogP contribution in [0.1, 0.15) is 40.0 Å². The zero-order chi connectivity index (χ0) is 18.7. The summed E-state index contributed by atoms with van der Waals surface area (Å²) in [7, 11) is 1.70. The predicted octanol–water partition coefficient (Wildman–Crippen LogP) is 5.68. The van der Waals surface area contributed by atoms with Crippen molar-refractivity contribution in [2.24, 2.45) is 0 Å². The van der Waals surface area contributed by atoms with Crippen LogP contribution in [0.15, 0.2) is 35.9 Å². The lowest BCUT2D eigenvalue weighted by molar-refractivity contribution is 0.226. The van der Waals surface area contributed by atoms with Gasteiger partial charge in [0, 0.05) is 18.6 Å². The fraction of sp³-hybridized carbons (Fsp3) is 0.450. The number of nitrogens with zero attached hydrogens (tertiary/aromatic N) is 1. The van der Waals surface area contributed by atoms with E-state index in [0.29, 0.717) is 18.0 Å². The summed E-state index contributed by atoms with van der Waals surface area (Å²) in [5.41, 5.74) is 1.68. The van der Waals surface area contributed by atoms with Crippen LogP contribution < -0.4 is 4.74 Å². The van der Waals surface area contributed by atoms with Gasteiger partial charge < -0.3 is 9.47 Å². The average molecular weight is 351 g/mol. The van der Waals surface area contributed by atoms with E-state index in [1.54, 1.807) is 13.2 Å². The van der Waals surface area contributed by atoms with Gasteiger partial charge >= 0.3 is 0 Å². The van der Waals surface area contributed by atoms with Crippen LogP contribution in [0.4, 0.5) is 8.78 Å². The van der Waals surface area contributed by atoms with Crippen molar-refractivity contribution in [1.29, 1.82) is 0 Å². The molecule has 3 nitrogen and oxygen atoms in total. The molecule has 1 aromatic carbocycles. The number of methoxy groups -OCH3 is 1. The molecule has 5 heteroatoms. The number of rotatable bonds is 7. The maximum atomic E-state index is 13.4. The van der Waals surface area contributed by atoms with Gasteiger partial charge in [0.05, 0.1) is 18.7 Å². The molecule has 0 bridgehead atoms. The molecule has 1 aromatic heterocycles. The molecule has 0 radical (unpaired) electrons. The van der Waals surface area contributed by atoms with Gasteiger partial charge in [-0.2, -0.15) is 0 Å². The summed E-state index contributed by atoms with van der Waals surface area (Å²) in [6, 6.07) is 5.59. The van der Waals surface area contributed by atoms with Gasteiger partial charge in [-0.15, -0.1) is 0 Å². The highest BCUT2D eigenvalue weighted by molar-refractivity contribution is 5.79. The van der Waals surface area contributed by atoms with Gasteiger partial charge in [-0.05, 0) is 38.5 Å². The zero-order valence-electron chi connectivity index (χ0n) is 15.4. The van der Waals surface area contributed by atoms with Gasteiger partial charge in [0.1, 0.15) is 0 Å². The van der Waals surface area contributed by atoms with Crippen molar-refractivity contribution in [3.63, 3.8) is 0 Å². The molecule has 1 heterocycles. The van der Waals surface area contributed by atoms with Gasteiger partial charge in [-0.3, -0.25) is 0 Å².